The van der Waals surface area contributed by atoms with Crippen LogP contribution in [0.4, 0.5) is 0 Å². The summed E-state index contributed by atoms with van der Waals surface area (Å²) < 4.78 is 0. The first-order valence-corrected chi connectivity index (χ1v) is 8.34. The summed E-state index contributed by atoms with van der Waals surface area (Å²) in [6.45, 7) is 12.1. The van der Waals surface area contributed by atoms with Crippen LogP contribution in [0, 0.1) is 0 Å². The van der Waals surface area contributed by atoms with Gasteiger partial charge in [0.05, 0.1) is 0 Å². The smallest absolute Gasteiger partial charge is 0.0358 e. The van der Waals surface area contributed by atoms with Gasteiger partial charge in [-0.25, -0.2) is 0 Å². The first-order valence-electron chi connectivity index (χ1n) is 8.34. The molecule has 0 aromatic heterocycles. The van der Waals surface area contributed by atoms with Crippen LogP contribution in [-0.4, -0.2) is 47.6 Å². The van der Waals surface area contributed by atoms with Crippen LogP contribution >= 0.6 is 0 Å². The van der Waals surface area contributed by atoms with E-state index in [0.29, 0.717) is 6.04 Å². The molecule has 1 aromatic carbocycles. The Bertz CT molecular complexity index is 408. The van der Waals surface area contributed by atoms with Crippen molar-refractivity contribution in [2.45, 2.75) is 51.7 Å². The van der Waals surface area contributed by atoms with Crippen molar-refractivity contribution in [3.05, 3.63) is 35.9 Å². The second-order valence-electron chi connectivity index (χ2n) is 6.57. The minimum absolute atomic E-state index is 0.204. The summed E-state index contributed by atoms with van der Waals surface area (Å²) in [6.07, 6.45) is 2.37. The van der Waals surface area contributed by atoms with E-state index in [0.717, 1.165) is 32.7 Å². The van der Waals surface area contributed by atoms with Crippen LogP contribution in [0.25, 0.3) is 0 Å². The molecule has 0 saturated carbocycles. The monoisotopic (exact) mass is 289 g/mol. The molecule has 2 rings (SSSR count). The van der Waals surface area contributed by atoms with Gasteiger partial charge in [-0.2, -0.15) is 0 Å². The number of nitrogens with zero attached hydrogens (tertiary/aromatic N) is 2. The van der Waals surface area contributed by atoms with Crippen LogP contribution < -0.4 is 5.73 Å². The first-order chi connectivity index (χ1) is 10.1. The summed E-state index contributed by atoms with van der Waals surface area (Å²) >= 11 is 0. The van der Waals surface area contributed by atoms with Gasteiger partial charge in [0.15, 0.2) is 0 Å². The highest BCUT2D eigenvalue weighted by atomic mass is 15.3. The number of hydrogen-bond acceptors (Lipinski definition) is 3. The Morgan fingerprint density at radius 3 is 2.29 bits per heavy atom. The third-order valence-electron chi connectivity index (χ3n) is 4.99. The predicted octanol–water partition coefficient (Wildman–Crippen LogP) is 2.71. The van der Waals surface area contributed by atoms with Gasteiger partial charge in [0, 0.05) is 37.8 Å². The summed E-state index contributed by atoms with van der Waals surface area (Å²) in [6, 6.07) is 11.3. The van der Waals surface area contributed by atoms with Gasteiger partial charge >= 0.3 is 0 Å². The van der Waals surface area contributed by atoms with Gasteiger partial charge in [-0.15, -0.1) is 0 Å². The molecular weight excluding hydrogens is 258 g/mol. The van der Waals surface area contributed by atoms with Crippen molar-refractivity contribution >= 4 is 0 Å². The van der Waals surface area contributed by atoms with Crippen molar-refractivity contribution in [3.8, 4) is 0 Å². The molecule has 0 radical (unpaired) electrons. The topological polar surface area (TPSA) is 32.5 Å². The third kappa shape index (κ3) is 3.85. The molecule has 1 saturated heterocycles. The SMILES string of the molecule is CCN(C(C)C)C1(CN)CCN(Cc2ccccc2)CC1. The molecule has 2 N–H and O–H groups in total. The highest BCUT2D eigenvalue weighted by molar-refractivity contribution is 5.14. The Kier molecular flexibility index (Phi) is 5.80. The molecule has 1 heterocycles. The summed E-state index contributed by atoms with van der Waals surface area (Å²) in [5.41, 5.74) is 7.81. The molecule has 21 heavy (non-hydrogen) atoms. The molecule has 0 unspecified atom stereocenters. The fourth-order valence-corrected chi connectivity index (χ4v) is 3.83. The first kappa shape index (κ1) is 16.5. The van der Waals surface area contributed by atoms with Crippen molar-refractivity contribution in [2.24, 2.45) is 5.73 Å². The molecule has 1 aromatic rings. The van der Waals surface area contributed by atoms with E-state index in [1.807, 2.05) is 0 Å². The standard InChI is InChI=1S/C18H31N3/c1-4-21(16(2)3)18(15-19)10-12-20(13-11-18)14-17-8-6-5-7-9-17/h5-9,16H,4,10-15,19H2,1-3H3. The summed E-state index contributed by atoms with van der Waals surface area (Å²) in [5, 5.41) is 0. The van der Waals surface area contributed by atoms with Crippen molar-refractivity contribution in [1.29, 1.82) is 0 Å². The van der Waals surface area contributed by atoms with E-state index in [-0.39, 0.29) is 5.54 Å². The fourth-order valence-electron chi connectivity index (χ4n) is 3.83. The molecule has 118 valence electrons. The molecule has 1 aliphatic heterocycles. The lowest BCUT2D eigenvalue weighted by molar-refractivity contribution is 0.00758. The van der Waals surface area contributed by atoms with Gasteiger partial charge in [0.1, 0.15) is 0 Å². The average Bonchev–Trinajstić information content (AvgIpc) is 2.50. The Balaban J connectivity index is 1.97. The van der Waals surface area contributed by atoms with E-state index < -0.39 is 0 Å². The molecule has 0 spiro atoms. The van der Waals surface area contributed by atoms with Crippen molar-refractivity contribution in [1.82, 2.24) is 9.80 Å². The number of hydrogen-bond donors (Lipinski definition) is 1. The van der Waals surface area contributed by atoms with Gasteiger partial charge in [-0.3, -0.25) is 9.80 Å². The van der Waals surface area contributed by atoms with Crippen LogP contribution in [0.1, 0.15) is 39.2 Å². The van der Waals surface area contributed by atoms with Crippen LogP contribution in [0.2, 0.25) is 0 Å². The maximum Gasteiger partial charge on any atom is 0.0358 e. The Hall–Kier alpha value is -0.900. The number of benzene rings is 1. The lowest BCUT2D eigenvalue weighted by Gasteiger charge is -2.50. The van der Waals surface area contributed by atoms with E-state index in [1.54, 1.807) is 0 Å². The third-order valence-corrected chi connectivity index (χ3v) is 4.99. The molecule has 0 bridgehead atoms. The summed E-state index contributed by atoms with van der Waals surface area (Å²) in [7, 11) is 0. The van der Waals surface area contributed by atoms with E-state index >= 15 is 0 Å². The molecule has 3 nitrogen and oxygen atoms in total. The minimum Gasteiger partial charge on any atom is -0.329 e. The second kappa shape index (κ2) is 7.39. The van der Waals surface area contributed by atoms with E-state index in [1.165, 1.54) is 18.4 Å². The maximum absolute atomic E-state index is 6.19. The van der Waals surface area contributed by atoms with Gasteiger partial charge in [-0.05, 0) is 38.8 Å². The van der Waals surface area contributed by atoms with Crippen LogP contribution in [0.15, 0.2) is 30.3 Å². The van der Waals surface area contributed by atoms with Crippen LogP contribution in [0.3, 0.4) is 0 Å². The minimum atomic E-state index is 0.204. The van der Waals surface area contributed by atoms with Gasteiger partial charge in [0.25, 0.3) is 0 Å². The quantitative estimate of drug-likeness (QED) is 0.874. The Morgan fingerprint density at radius 2 is 1.81 bits per heavy atom. The van der Waals surface area contributed by atoms with Crippen LogP contribution in [0.5, 0.6) is 0 Å². The largest absolute Gasteiger partial charge is 0.329 e. The Labute approximate surface area is 130 Å². The number of likely N-dealkylation sites (N-methyl/N-ethyl adjacent to an activating group) is 1. The van der Waals surface area contributed by atoms with Gasteiger partial charge in [0.2, 0.25) is 0 Å². The van der Waals surface area contributed by atoms with Crippen LogP contribution in [-0.2, 0) is 6.54 Å². The lowest BCUT2D eigenvalue weighted by atomic mass is 9.84. The van der Waals surface area contributed by atoms with Gasteiger partial charge in [-0.1, -0.05) is 37.3 Å². The summed E-state index contributed by atoms with van der Waals surface area (Å²) in [4.78, 5) is 5.17. The summed E-state index contributed by atoms with van der Waals surface area (Å²) in [5.74, 6) is 0. The number of nitrogens with two attached hydrogens (primary N) is 1. The zero-order valence-corrected chi connectivity index (χ0v) is 13.9. The second-order valence-corrected chi connectivity index (χ2v) is 6.57. The zero-order valence-electron chi connectivity index (χ0n) is 13.9. The molecule has 1 aliphatic rings. The lowest BCUT2D eigenvalue weighted by Crippen LogP contribution is -2.61. The highest BCUT2D eigenvalue weighted by Gasteiger charge is 2.38. The van der Waals surface area contributed by atoms with Gasteiger partial charge < -0.3 is 5.73 Å². The number of likely N-dealkylation sites (tertiary alicyclic amines) is 1. The number of piperidine rings is 1. The molecular formula is C18H31N3. The van der Waals surface area contributed by atoms with Crippen molar-refractivity contribution in [2.75, 3.05) is 26.2 Å². The normalized spacial score (nSPS) is 19.3. The maximum atomic E-state index is 6.19. The van der Waals surface area contributed by atoms with E-state index in [2.05, 4.69) is 60.9 Å². The fraction of sp³-hybridized carbons (Fsp3) is 0.667. The van der Waals surface area contributed by atoms with E-state index in [4.69, 9.17) is 5.73 Å². The number of rotatable bonds is 6. The van der Waals surface area contributed by atoms with E-state index in [9.17, 15) is 0 Å². The Morgan fingerprint density at radius 1 is 1.19 bits per heavy atom. The predicted molar refractivity (Wildman–Crippen MR) is 90.3 cm³/mol. The molecule has 0 atom stereocenters. The highest BCUT2D eigenvalue weighted by Crippen LogP contribution is 2.30. The van der Waals surface area contributed by atoms with Crippen molar-refractivity contribution in [3.63, 3.8) is 0 Å². The molecule has 3 heteroatoms. The molecule has 1 fully saturated rings. The van der Waals surface area contributed by atoms with Crippen molar-refractivity contribution < 1.29 is 0 Å². The average molecular weight is 289 g/mol. The molecule has 0 amide bonds. The zero-order chi connectivity index (χ0) is 15.3. The molecule has 0 aliphatic carbocycles.